The van der Waals surface area contributed by atoms with Crippen LogP contribution in [0.1, 0.15) is 83.0 Å². The lowest BCUT2D eigenvalue weighted by molar-refractivity contribution is -0.137. The maximum Gasteiger partial charge on any atom is 0.249 e. The van der Waals surface area contributed by atoms with E-state index in [1.165, 1.54) is 0 Å². The van der Waals surface area contributed by atoms with Gasteiger partial charge in [-0.25, -0.2) is 0 Å². The largest absolute Gasteiger partial charge is 0.337 e. The molecule has 0 radical (unpaired) electrons. The summed E-state index contributed by atoms with van der Waals surface area (Å²) >= 11 is 0. The zero-order chi connectivity index (χ0) is 17.8. The number of piperidine rings is 2. The van der Waals surface area contributed by atoms with Crippen molar-refractivity contribution in [3.8, 4) is 0 Å². The first-order chi connectivity index (χ1) is 12.1. The van der Waals surface area contributed by atoms with Gasteiger partial charge in [-0.15, -0.1) is 0 Å². The van der Waals surface area contributed by atoms with Crippen LogP contribution in [-0.4, -0.2) is 52.0 Å². The number of aromatic nitrogens is 2. The summed E-state index contributed by atoms with van der Waals surface area (Å²) in [6, 6.07) is -0.0306. The van der Waals surface area contributed by atoms with Crippen LogP contribution in [0.2, 0.25) is 0 Å². The number of rotatable bonds is 5. The third kappa shape index (κ3) is 4.40. The van der Waals surface area contributed by atoms with E-state index < -0.39 is 0 Å². The molecule has 3 rings (SSSR count). The number of nitrogens with zero attached hydrogens (tertiary/aromatic N) is 4. The van der Waals surface area contributed by atoms with Gasteiger partial charge in [0.25, 0.3) is 0 Å². The molecule has 1 aromatic rings. The second kappa shape index (κ2) is 8.30. The highest BCUT2D eigenvalue weighted by Crippen LogP contribution is 2.32. The molecule has 3 heterocycles. The lowest BCUT2D eigenvalue weighted by Crippen LogP contribution is -2.41. The van der Waals surface area contributed by atoms with Gasteiger partial charge in [-0.1, -0.05) is 25.9 Å². The fourth-order valence-corrected chi connectivity index (χ4v) is 3.97. The van der Waals surface area contributed by atoms with Crippen LogP contribution < -0.4 is 0 Å². The van der Waals surface area contributed by atoms with Crippen molar-refractivity contribution in [3.63, 3.8) is 0 Å². The molecule has 0 N–H and O–H groups in total. The van der Waals surface area contributed by atoms with Gasteiger partial charge in [0.2, 0.25) is 11.8 Å². The number of hydrogen-bond donors (Lipinski definition) is 0. The van der Waals surface area contributed by atoms with Crippen LogP contribution in [0.5, 0.6) is 0 Å². The molecule has 6 nitrogen and oxygen atoms in total. The number of likely N-dealkylation sites (tertiary alicyclic amines) is 2. The van der Waals surface area contributed by atoms with Crippen LogP contribution in [0.25, 0.3) is 0 Å². The van der Waals surface area contributed by atoms with Crippen molar-refractivity contribution in [3.05, 3.63) is 11.7 Å². The summed E-state index contributed by atoms with van der Waals surface area (Å²) in [6.07, 6.45) is 6.05. The maximum atomic E-state index is 13.0. The second-order valence-corrected chi connectivity index (χ2v) is 7.83. The smallest absolute Gasteiger partial charge is 0.249 e. The van der Waals surface area contributed by atoms with Crippen molar-refractivity contribution in [2.75, 3.05) is 26.2 Å². The lowest BCUT2D eigenvalue weighted by Gasteiger charge is -2.36. The second-order valence-electron chi connectivity index (χ2n) is 7.83. The molecular formula is C19H32N4O2. The minimum absolute atomic E-state index is 0.0306. The van der Waals surface area contributed by atoms with E-state index in [1.807, 2.05) is 4.90 Å². The molecular weight excluding hydrogens is 316 g/mol. The molecule has 0 aromatic carbocycles. The van der Waals surface area contributed by atoms with Gasteiger partial charge in [-0.2, -0.15) is 4.98 Å². The van der Waals surface area contributed by atoms with Crippen molar-refractivity contribution in [2.24, 2.45) is 5.92 Å². The quantitative estimate of drug-likeness (QED) is 0.816. The Morgan fingerprint density at radius 1 is 1.20 bits per heavy atom. The third-order valence-corrected chi connectivity index (χ3v) is 5.70. The van der Waals surface area contributed by atoms with E-state index in [4.69, 9.17) is 4.52 Å². The van der Waals surface area contributed by atoms with E-state index in [-0.39, 0.29) is 17.9 Å². The van der Waals surface area contributed by atoms with Gasteiger partial charge in [0, 0.05) is 18.9 Å². The monoisotopic (exact) mass is 348 g/mol. The van der Waals surface area contributed by atoms with Crippen LogP contribution in [0.3, 0.4) is 0 Å². The lowest BCUT2D eigenvalue weighted by atomic mass is 9.92. The molecule has 0 aliphatic carbocycles. The maximum absolute atomic E-state index is 13.0. The molecule has 0 saturated carbocycles. The van der Waals surface area contributed by atoms with Crippen LogP contribution in [0, 0.1) is 5.92 Å². The molecule has 1 atom stereocenters. The van der Waals surface area contributed by atoms with Gasteiger partial charge < -0.3 is 14.3 Å². The van der Waals surface area contributed by atoms with Crippen molar-refractivity contribution >= 4 is 5.91 Å². The molecule has 2 aliphatic heterocycles. The van der Waals surface area contributed by atoms with Gasteiger partial charge >= 0.3 is 0 Å². The molecule has 25 heavy (non-hydrogen) atoms. The minimum Gasteiger partial charge on any atom is -0.337 e. The van der Waals surface area contributed by atoms with Crippen LogP contribution in [0.15, 0.2) is 4.52 Å². The topological polar surface area (TPSA) is 62.5 Å². The van der Waals surface area contributed by atoms with Gasteiger partial charge in [-0.3, -0.25) is 4.79 Å². The van der Waals surface area contributed by atoms with Crippen molar-refractivity contribution in [1.29, 1.82) is 0 Å². The van der Waals surface area contributed by atoms with Gasteiger partial charge in [0.1, 0.15) is 6.04 Å². The van der Waals surface area contributed by atoms with E-state index in [0.717, 1.165) is 64.1 Å². The predicted molar refractivity (Wildman–Crippen MR) is 96.1 cm³/mol. The first-order valence-electron chi connectivity index (χ1n) is 9.93. The number of hydrogen-bond acceptors (Lipinski definition) is 5. The molecule has 0 spiro atoms. The summed E-state index contributed by atoms with van der Waals surface area (Å²) in [4.78, 5) is 22.0. The Hall–Kier alpha value is -1.43. The highest BCUT2D eigenvalue weighted by molar-refractivity contribution is 5.77. The minimum atomic E-state index is -0.0306. The molecule has 2 saturated heterocycles. The summed E-state index contributed by atoms with van der Waals surface area (Å²) in [7, 11) is 0. The fourth-order valence-electron chi connectivity index (χ4n) is 3.97. The molecule has 1 amide bonds. The Labute approximate surface area is 150 Å². The molecule has 6 heteroatoms. The highest BCUT2D eigenvalue weighted by atomic mass is 16.5. The zero-order valence-corrected chi connectivity index (χ0v) is 15.9. The highest BCUT2D eigenvalue weighted by Gasteiger charge is 2.33. The summed E-state index contributed by atoms with van der Waals surface area (Å²) in [5, 5.41) is 4.09. The Bertz CT molecular complexity index is 564. The zero-order valence-electron chi connectivity index (χ0n) is 15.9. The summed E-state index contributed by atoms with van der Waals surface area (Å²) in [5.74, 6) is 2.39. The summed E-state index contributed by atoms with van der Waals surface area (Å²) < 4.78 is 5.50. The summed E-state index contributed by atoms with van der Waals surface area (Å²) in [5.41, 5.74) is 0. The average molecular weight is 348 g/mol. The van der Waals surface area contributed by atoms with Crippen LogP contribution in [-0.2, 0) is 4.79 Å². The standard InChI is InChI=1S/C19H32N4O2/c1-4-22-11-8-15(9-12-22)13-17(24)23-10-6-5-7-16(23)19-20-18(14(2)3)21-25-19/h14-16H,4-13H2,1-3H3/t16-/m0/s1. The number of carbonyl (C=O) groups is 1. The van der Waals surface area contributed by atoms with E-state index in [9.17, 15) is 4.79 Å². The molecule has 2 aliphatic rings. The number of amides is 1. The molecule has 0 unspecified atom stereocenters. The Kier molecular flexibility index (Phi) is 6.10. The normalized spacial score (nSPS) is 23.4. The van der Waals surface area contributed by atoms with E-state index in [1.54, 1.807) is 0 Å². The molecule has 2 fully saturated rings. The average Bonchev–Trinajstić information content (AvgIpc) is 3.12. The van der Waals surface area contributed by atoms with E-state index in [2.05, 4.69) is 35.8 Å². The number of carbonyl (C=O) groups excluding carboxylic acids is 1. The van der Waals surface area contributed by atoms with Crippen molar-refractivity contribution in [1.82, 2.24) is 19.9 Å². The first-order valence-corrected chi connectivity index (χ1v) is 9.93. The SMILES string of the molecule is CCN1CCC(CC(=O)N2CCCC[C@H]2c2nc(C(C)C)no2)CC1. The molecule has 1 aromatic heterocycles. The molecule has 0 bridgehead atoms. The first kappa shape index (κ1) is 18.4. The Morgan fingerprint density at radius 3 is 2.60 bits per heavy atom. The van der Waals surface area contributed by atoms with Crippen molar-refractivity contribution < 1.29 is 9.32 Å². The van der Waals surface area contributed by atoms with E-state index in [0.29, 0.717) is 18.2 Å². The van der Waals surface area contributed by atoms with Crippen LogP contribution >= 0.6 is 0 Å². The van der Waals surface area contributed by atoms with Gasteiger partial charge in [-0.05, 0) is 57.7 Å². The third-order valence-electron chi connectivity index (χ3n) is 5.70. The fraction of sp³-hybridized carbons (Fsp3) is 0.842. The van der Waals surface area contributed by atoms with Crippen LogP contribution in [0.4, 0.5) is 0 Å². The molecule has 140 valence electrons. The Balaban J connectivity index is 1.62. The Morgan fingerprint density at radius 2 is 1.96 bits per heavy atom. The van der Waals surface area contributed by atoms with Gasteiger partial charge in [0.15, 0.2) is 5.82 Å². The van der Waals surface area contributed by atoms with Crippen molar-refractivity contribution in [2.45, 2.75) is 71.3 Å². The predicted octanol–water partition coefficient (Wildman–Crippen LogP) is 3.37. The van der Waals surface area contributed by atoms with E-state index >= 15 is 0 Å². The summed E-state index contributed by atoms with van der Waals surface area (Å²) in [6.45, 7) is 10.5. The van der Waals surface area contributed by atoms with Gasteiger partial charge in [0.05, 0.1) is 0 Å².